The predicted octanol–water partition coefficient (Wildman–Crippen LogP) is 3.02. The quantitative estimate of drug-likeness (QED) is 0.359. The zero-order valence-corrected chi connectivity index (χ0v) is 24.3. The van der Waals surface area contributed by atoms with Gasteiger partial charge in [0.15, 0.2) is 15.9 Å². The van der Waals surface area contributed by atoms with Gasteiger partial charge in [-0.3, -0.25) is 29.0 Å². The number of hydrogen-bond donors (Lipinski definition) is 2. The zero-order valence-electron chi connectivity index (χ0n) is 22.7. The highest BCUT2D eigenvalue weighted by atomic mass is 32.2. The molecule has 216 valence electrons. The van der Waals surface area contributed by atoms with Gasteiger partial charge in [0, 0.05) is 13.0 Å². The van der Waals surface area contributed by atoms with E-state index in [1.165, 1.54) is 45.4 Å². The first-order valence-corrected chi connectivity index (χ1v) is 15.3. The van der Waals surface area contributed by atoms with Gasteiger partial charge in [-0.05, 0) is 49.4 Å². The first-order chi connectivity index (χ1) is 19.7. The van der Waals surface area contributed by atoms with Crippen LogP contribution in [0.3, 0.4) is 0 Å². The maximum Gasteiger partial charge on any atom is 0.287 e. The maximum atomic E-state index is 13.7. The van der Waals surface area contributed by atoms with Gasteiger partial charge in [-0.1, -0.05) is 37.7 Å². The van der Waals surface area contributed by atoms with Gasteiger partial charge in [0.2, 0.25) is 11.8 Å². The fourth-order valence-electron chi connectivity index (χ4n) is 5.05. The van der Waals surface area contributed by atoms with Crippen molar-refractivity contribution < 1.29 is 28.4 Å². The molecule has 5 rings (SSSR count). The first kappa shape index (κ1) is 28.8. The molecule has 0 radical (unpaired) electrons. The minimum atomic E-state index is -1.01. The van der Waals surface area contributed by atoms with E-state index < -0.39 is 35.8 Å². The molecule has 2 aliphatic rings. The maximum absolute atomic E-state index is 13.7. The summed E-state index contributed by atoms with van der Waals surface area (Å²) < 4.78 is 6.93. The molecule has 1 aromatic carbocycles. The standard InChI is InChI=1S/C28H31N5O6S2/c1-16(2)24(20(34)15-40-28-30-17-7-3-4-10-22(17)41-28)31-25(36)19-8-5-13-32-23(35)12-11-18(27(38)33(19)32)29-26(37)21-9-6-14-39-21/h3-4,6-7,9-10,14,16,18-19,24H,5,8,11-13,15H2,1-2H3,(H,29,37)(H,31,36)/t18?,19-,24-/m0/s1. The minimum Gasteiger partial charge on any atom is -0.459 e. The lowest BCUT2D eigenvalue weighted by molar-refractivity contribution is -0.176. The number of carbonyl (C=O) groups excluding carboxylic acids is 5. The van der Waals surface area contributed by atoms with Crippen molar-refractivity contribution in [1.82, 2.24) is 25.6 Å². The Bertz CT molecular complexity index is 1420. The van der Waals surface area contributed by atoms with Crippen molar-refractivity contribution in [2.45, 2.75) is 62.0 Å². The van der Waals surface area contributed by atoms with Crippen LogP contribution in [0.25, 0.3) is 10.2 Å². The van der Waals surface area contributed by atoms with E-state index in [9.17, 15) is 24.0 Å². The van der Waals surface area contributed by atoms with Crippen LogP contribution >= 0.6 is 23.1 Å². The highest BCUT2D eigenvalue weighted by Crippen LogP contribution is 2.30. The molecule has 11 nitrogen and oxygen atoms in total. The normalized spacial score (nSPS) is 20.1. The lowest BCUT2D eigenvalue weighted by Gasteiger charge is -2.43. The summed E-state index contributed by atoms with van der Waals surface area (Å²) in [6.07, 6.45) is 2.33. The lowest BCUT2D eigenvalue weighted by Crippen LogP contribution is -2.64. The van der Waals surface area contributed by atoms with E-state index in [4.69, 9.17) is 4.42 Å². The van der Waals surface area contributed by atoms with Crippen molar-refractivity contribution in [3.05, 3.63) is 48.4 Å². The molecule has 3 aromatic rings. The molecule has 2 saturated heterocycles. The Labute approximate surface area is 245 Å². The molecule has 13 heteroatoms. The predicted molar refractivity (Wildman–Crippen MR) is 153 cm³/mol. The smallest absolute Gasteiger partial charge is 0.287 e. The van der Waals surface area contributed by atoms with E-state index in [1.54, 1.807) is 6.07 Å². The second-order valence-corrected chi connectivity index (χ2v) is 12.6. The first-order valence-electron chi connectivity index (χ1n) is 13.5. The fourth-order valence-corrected chi connectivity index (χ4v) is 7.03. The van der Waals surface area contributed by atoms with Crippen LogP contribution in [0.1, 0.15) is 50.1 Å². The number of thioether (sulfide) groups is 1. The van der Waals surface area contributed by atoms with E-state index in [2.05, 4.69) is 15.6 Å². The summed E-state index contributed by atoms with van der Waals surface area (Å²) >= 11 is 2.84. The summed E-state index contributed by atoms with van der Waals surface area (Å²) in [5.41, 5.74) is 0.873. The number of carbonyl (C=O) groups is 5. The molecule has 4 heterocycles. The van der Waals surface area contributed by atoms with Crippen LogP contribution < -0.4 is 10.6 Å². The van der Waals surface area contributed by atoms with Crippen molar-refractivity contribution >= 4 is 62.7 Å². The highest BCUT2D eigenvalue weighted by Gasteiger charge is 2.45. The number of thiazole rings is 1. The Hall–Kier alpha value is -3.71. The van der Waals surface area contributed by atoms with E-state index in [0.29, 0.717) is 19.4 Å². The number of benzene rings is 1. The van der Waals surface area contributed by atoms with Crippen LogP contribution in [0, 0.1) is 5.92 Å². The molecule has 2 aromatic heterocycles. The number of Topliss-reactive ketones (excluding diaryl/α,β-unsaturated/α-hetero) is 1. The summed E-state index contributed by atoms with van der Waals surface area (Å²) in [5, 5.41) is 8.00. The molecule has 41 heavy (non-hydrogen) atoms. The van der Waals surface area contributed by atoms with Gasteiger partial charge in [-0.15, -0.1) is 11.3 Å². The second-order valence-electron chi connectivity index (χ2n) is 10.3. The zero-order chi connectivity index (χ0) is 29.1. The molecule has 4 amide bonds. The Morgan fingerprint density at radius 3 is 2.68 bits per heavy atom. The average molecular weight is 598 g/mol. The van der Waals surface area contributed by atoms with Crippen molar-refractivity contribution in [1.29, 1.82) is 0 Å². The lowest BCUT2D eigenvalue weighted by atomic mass is 9.99. The molecule has 1 unspecified atom stereocenters. The molecular weight excluding hydrogens is 566 g/mol. The monoisotopic (exact) mass is 597 g/mol. The summed E-state index contributed by atoms with van der Waals surface area (Å²) in [6, 6.07) is 8.00. The number of amides is 4. The van der Waals surface area contributed by atoms with Crippen molar-refractivity contribution in [2.75, 3.05) is 12.3 Å². The molecule has 0 saturated carbocycles. The van der Waals surface area contributed by atoms with Gasteiger partial charge in [0.1, 0.15) is 12.1 Å². The van der Waals surface area contributed by atoms with E-state index in [-0.39, 0.29) is 42.0 Å². The summed E-state index contributed by atoms with van der Waals surface area (Å²) in [7, 11) is 0. The Morgan fingerprint density at radius 1 is 1.15 bits per heavy atom. The third-order valence-electron chi connectivity index (χ3n) is 7.14. The molecule has 0 bridgehead atoms. The number of furan rings is 1. The number of rotatable bonds is 9. The number of ketones is 1. The summed E-state index contributed by atoms with van der Waals surface area (Å²) in [5.74, 6) is -2.13. The second kappa shape index (κ2) is 12.4. The van der Waals surface area contributed by atoms with Crippen LogP contribution in [0.2, 0.25) is 0 Å². The third kappa shape index (κ3) is 6.30. The van der Waals surface area contributed by atoms with Crippen LogP contribution in [0.5, 0.6) is 0 Å². The van der Waals surface area contributed by atoms with Gasteiger partial charge in [-0.2, -0.15) is 0 Å². The number of aromatic nitrogens is 1. The van der Waals surface area contributed by atoms with Crippen LogP contribution in [-0.4, -0.2) is 74.8 Å². The fraction of sp³-hybridized carbons (Fsp3) is 0.429. The van der Waals surface area contributed by atoms with Gasteiger partial charge in [0.05, 0.1) is 28.3 Å². The van der Waals surface area contributed by atoms with Crippen molar-refractivity contribution in [2.24, 2.45) is 5.92 Å². The number of hydrogen-bond acceptors (Lipinski definition) is 9. The van der Waals surface area contributed by atoms with Crippen LogP contribution in [0.15, 0.2) is 51.4 Å². The van der Waals surface area contributed by atoms with Crippen LogP contribution in [0.4, 0.5) is 0 Å². The number of fused-ring (bicyclic) bond motifs is 2. The summed E-state index contributed by atoms with van der Waals surface area (Å²) in [6.45, 7) is 3.98. The van der Waals surface area contributed by atoms with Gasteiger partial charge < -0.3 is 15.1 Å². The molecule has 2 aliphatic heterocycles. The van der Waals surface area contributed by atoms with E-state index in [1.807, 2.05) is 38.1 Å². The number of hydrazine groups is 1. The number of nitrogens with one attached hydrogen (secondary N) is 2. The van der Waals surface area contributed by atoms with Gasteiger partial charge in [0.25, 0.3) is 11.8 Å². The van der Waals surface area contributed by atoms with E-state index >= 15 is 0 Å². The molecule has 3 atom stereocenters. The number of para-hydroxylation sites is 1. The number of nitrogens with zero attached hydrogens (tertiary/aromatic N) is 3. The Kier molecular flexibility index (Phi) is 8.74. The van der Waals surface area contributed by atoms with Crippen molar-refractivity contribution in [3.8, 4) is 0 Å². The van der Waals surface area contributed by atoms with E-state index in [0.717, 1.165) is 14.6 Å². The third-order valence-corrected chi connectivity index (χ3v) is 9.34. The van der Waals surface area contributed by atoms with Crippen LogP contribution in [-0.2, 0) is 19.2 Å². The highest BCUT2D eigenvalue weighted by molar-refractivity contribution is 8.01. The minimum absolute atomic E-state index is 0.0375. The molecule has 2 fully saturated rings. The van der Waals surface area contributed by atoms with Gasteiger partial charge in [-0.25, -0.2) is 9.99 Å². The Balaban J connectivity index is 1.28. The average Bonchev–Trinajstić information content (AvgIpc) is 3.63. The Morgan fingerprint density at radius 2 is 1.95 bits per heavy atom. The molecule has 0 spiro atoms. The largest absolute Gasteiger partial charge is 0.459 e. The topological polar surface area (TPSA) is 142 Å². The van der Waals surface area contributed by atoms with Gasteiger partial charge >= 0.3 is 0 Å². The molecule has 2 N–H and O–H groups in total. The van der Waals surface area contributed by atoms with Crippen molar-refractivity contribution in [3.63, 3.8) is 0 Å². The summed E-state index contributed by atoms with van der Waals surface area (Å²) in [4.78, 5) is 70.7. The SMILES string of the molecule is CC(C)[C@H](NC(=O)[C@@H]1CCCN2C(=O)CCC(NC(=O)c3ccco3)C(=O)N12)C(=O)CSc1nc2ccccc2s1. The molecular formula is C28H31N5O6S2. The molecule has 0 aliphatic carbocycles.